The molecule has 0 spiro atoms. The predicted octanol–water partition coefficient (Wildman–Crippen LogP) is 4.78. The zero-order chi connectivity index (χ0) is 20.1. The van der Waals surface area contributed by atoms with Crippen LogP contribution in [0.4, 0.5) is 0 Å². The van der Waals surface area contributed by atoms with Crippen molar-refractivity contribution in [3.05, 3.63) is 71.3 Å². The number of phenolic OH excluding ortho intramolecular Hbond substituents is 1. The lowest BCUT2D eigenvalue weighted by Gasteiger charge is -2.18. The molecule has 0 aliphatic rings. The van der Waals surface area contributed by atoms with Gasteiger partial charge in [0, 0.05) is 17.7 Å². The van der Waals surface area contributed by atoms with E-state index in [1.54, 1.807) is 50.6 Å². The molecule has 3 rings (SSSR count). The molecule has 0 bridgehead atoms. The van der Waals surface area contributed by atoms with E-state index in [1.807, 2.05) is 25.1 Å². The Kier molecular flexibility index (Phi) is 5.84. The second-order valence-electron chi connectivity index (χ2n) is 6.29. The highest BCUT2D eigenvalue weighted by Gasteiger charge is 2.18. The fourth-order valence-corrected chi connectivity index (χ4v) is 3.08. The summed E-state index contributed by atoms with van der Waals surface area (Å²) < 4.78 is 16.8. The molecule has 0 amide bonds. The molecule has 0 aliphatic heterocycles. The molecule has 1 N–H and O–H groups in total. The van der Waals surface area contributed by atoms with E-state index >= 15 is 0 Å². The molecular weight excluding hydrogens is 356 g/mol. The average molecular weight is 378 g/mol. The Balaban J connectivity index is 1.94. The zero-order valence-electron chi connectivity index (χ0n) is 16.1. The van der Waals surface area contributed by atoms with Crippen LogP contribution in [-0.2, 0) is 6.61 Å². The molecule has 0 fully saturated rings. The molecule has 3 aromatic rings. The van der Waals surface area contributed by atoms with E-state index in [4.69, 9.17) is 14.2 Å². The largest absolute Gasteiger partial charge is 0.508 e. The van der Waals surface area contributed by atoms with Crippen LogP contribution in [0.25, 0.3) is 11.1 Å². The Morgan fingerprint density at radius 1 is 0.964 bits per heavy atom. The molecule has 0 saturated carbocycles. The number of aromatic hydroxyl groups is 1. The summed E-state index contributed by atoms with van der Waals surface area (Å²) in [5, 5.41) is 9.90. The van der Waals surface area contributed by atoms with Crippen LogP contribution in [0, 0.1) is 6.92 Å². The molecule has 0 unspecified atom stereocenters. The maximum atomic E-state index is 10.8. The van der Waals surface area contributed by atoms with Gasteiger partial charge in [-0.25, -0.2) is 0 Å². The molecule has 0 aromatic heterocycles. The highest BCUT2D eigenvalue weighted by atomic mass is 16.5. The Hall–Kier alpha value is -3.47. The lowest BCUT2D eigenvalue weighted by molar-refractivity contribution is 0.112. The standard InChI is InChI=1S/C23H22O5/c1-15-17(14-28-19-9-7-16(13-24)8-10-19)5-4-6-20(15)23-21(26-2)11-18(25)12-22(23)27-3/h4-13,25H,14H2,1-3H3. The van der Waals surface area contributed by atoms with Crippen LogP contribution in [0.15, 0.2) is 54.6 Å². The highest BCUT2D eigenvalue weighted by Crippen LogP contribution is 2.43. The molecular formula is C23H22O5. The van der Waals surface area contributed by atoms with E-state index in [1.165, 1.54) is 0 Å². The molecule has 0 radical (unpaired) electrons. The fourth-order valence-electron chi connectivity index (χ4n) is 3.08. The van der Waals surface area contributed by atoms with Gasteiger partial charge in [0.15, 0.2) is 0 Å². The van der Waals surface area contributed by atoms with Gasteiger partial charge in [-0.15, -0.1) is 0 Å². The summed E-state index contributed by atoms with van der Waals surface area (Å²) in [5.41, 5.74) is 4.35. The van der Waals surface area contributed by atoms with Crippen LogP contribution in [0.3, 0.4) is 0 Å². The summed E-state index contributed by atoms with van der Waals surface area (Å²) in [4.78, 5) is 10.8. The van der Waals surface area contributed by atoms with Crippen LogP contribution >= 0.6 is 0 Å². The van der Waals surface area contributed by atoms with Gasteiger partial charge in [-0.2, -0.15) is 0 Å². The van der Waals surface area contributed by atoms with Crippen LogP contribution < -0.4 is 14.2 Å². The van der Waals surface area contributed by atoms with Crippen molar-refractivity contribution in [1.29, 1.82) is 0 Å². The lowest BCUT2D eigenvalue weighted by Crippen LogP contribution is -2.01. The van der Waals surface area contributed by atoms with E-state index in [2.05, 4.69) is 0 Å². The predicted molar refractivity (Wildman–Crippen MR) is 108 cm³/mol. The minimum atomic E-state index is 0.0772. The number of phenols is 1. The molecule has 0 heterocycles. The smallest absolute Gasteiger partial charge is 0.150 e. The maximum absolute atomic E-state index is 10.8. The van der Waals surface area contributed by atoms with Crippen molar-refractivity contribution in [2.75, 3.05) is 14.2 Å². The number of hydrogen-bond acceptors (Lipinski definition) is 5. The van der Waals surface area contributed by atoms with Crippen LogP contribution in [-0.4, -0.2) is 25.6 Å². The summed E-state index contributed by atoms with van der Waals surface area (Å²) in [7, 11) is 3.12. The maximum Gasteiger partial charge on any atom is 0.150 e. The zero-order valence-corrected chi connectivity index (χ0v) is 16.1. The third-order valence-electron chi connectivity index (χ3n) is 4.62. The van der Waals surface area contributed by atoms with Crippen LogP contribution in [0.5, 0.6) is 23.0 Å². The van der Waals surface area contributed by atoms with Gasteiger partial charge in [0.2, 0.25) is 0 Å². The number of methoxy groups -OCH3 is 2. The first-order chi connectivity index (χ1) is 13.6. The number of aldehydes is 1. The van der Waals surface area contributed by atoms with Crippen molar-refractivity contribution in [2.24, 2.45) is 0 Å². The second-order valence-corrected chi connectivity index (χ2v) is 6.29. The number of rotatable bonds is 7. The molecule has 0 saturated heterocycles. The number of ether oxygens (including phenoxy) is 3. The summed E-state index contributed by atoms with van der Waals surface area (Å²) in [6.07, 6.45) is 0.801. The monoisotopic (exact) mass is 378 g/mol. The SMILES string of the molecule is COc1cc(O)cc(OC)c1-c1cccc(COc2ccc(C=O)cc2)c1C. The quantitative estimate of drug-likeness (QED) is 0.600. The van der Waals surface area contributed by atoms with E-state index in [-0.39, 0.29) is 5.75 Å². The molecule has 28 heavy (non-hydrogen) atoms. The van der Waals surface area contributed by atoms with Crippen molar-refractivity contribution in [1.82, 2.24) is 0 Å². The van der Waals surface area contributed by atoms with Crippen LogP contribution in [0.2, 0.25) is 0 Å². The molecule has 5 heteroatoms. The van der Waals surface area contributed by atoms with Gasteiger partial charge in [0.05, 0.1) is 19.8 Å². The van der Waals surface area contributed by atoms with Crippen molar-refractivity contribution in [3.63, 3.8) is 0 Å². The Morgan fingerprint density at radius 2 is 1.61 bits per heavy atom. The van der Waals surface area contributed by atoms with Crippen LogP contribution in [0.1, 0.15) is 21.5 Å². The number of carbonyl (C=O) groups excluding carboxylic acids is 1. The van der Waals surface area contributed by atoms with Crippen molar-refractivity contribution >= 4 is 6.29 Å². The fraction of sp³-hybridized carbons (Fsp3) is 0.174. The Labute approximate surface area is 164 Å². The average Bonchev–Trinajstić information content (AvgIpc) is 2.73. The minimum absolute atomic E-state index is 0.0772. The first-order valence-electron chi connectivity index (χ1n) is 8.79. The minimum Gasteiger partial charge on any atom is -0.508 e. The summed E-state index contributed by atoms with van der Waals surface area (Å²) >= 11 is 0. The molecule has 0 atom stereocenters. The van der Waals surface area contributed by atoms with Gasteiger partial charge in [-0.1, -0.05) is 18.2 Å². The van der Waals surface area contributed by atoms with E-state index in [9.17, 15) is 9.90 Å². The van der Waals surface area contributed by atoms with Gasteiger partial charge in [-0.3, -0.25) is 4.79 Å². The van der Waals surface area contributed by atoms with E-state index in [0.29, 0.717) is 29.4 Å². The Bertz CT molecular complexity index is 952. The van der Waals surface area contributed by atoms with E-state index < -0.39 is 0 Å². The summed E-state index contributed by atoms with van der Waals surface area (Å²) in [5.74, 6) is 1.83. The third-order valence-corrected chi connectivity index (χ3v) is 4.62. The van der Waals surface area contributed by atoms with Crippen molar-refractivity contribution < 1.29 is 24.1 Å². The number of carbonyl (C=O) groups is 1. The molecule has 3 aromatic carbocycles. The van der Waals surface area contributed by atoms with Gasteiger partial charge in [0.1, 0.15) is 35.9 Å². The highest BCUT2D eigenvalue weighted by molar-refractivity contribution is 5.81. The first kappa shape index (κ1) is 19.3. The first-order valence-corrected chi connectivity index (χ1v) is 8.79. The normalized spacial score (nSPS) is 10.4. The van der Waals surface area contributed by atoms with Gasteiger partial charge in [0.25, 0.3) is 0 Å². The topological polar surface area (TPSA) is 65.0 Å². The summed E-state index contributed by atoms with van der Waals surface area (Å²) in [6.45, 7) is 2.39. The van der Waals surface area contributed by atoms with Gasteiger partial charge >= 0.3 is 0 Å². The van der Waals surface area contributed by atoms with Gasteiger partial charge in [-0.05, 0) is 47.9 Å². The van der Waals surface area contributed by atoms with Crippen molar-refractivity contribution in [3.8, 4) is 34.1 Å². The number of benzene rings is 3. The molecule has 5 nitrogen and oxygen atoms in total. The number of hydrogen-bond donors (Lipinski definition) is 1. The third kappa shape index (κ3) is 3.93. The lowest BCUT2D eigenvalue weighted by atomic mass is 9.95. The van der Waals surface area contributed by atoms with E-state index in [0.717, 1.165) is 28.5 Å². The summed E-state index contributed by atoms with van der Waals surface area (Å²) in [6, 6.07) is 16.0. The van der Waals surface area contributed by atoms with Crippen molar-refractivity contribution in [2.45, 2.75) is 13.5 Å². The van der Waals surface area contributed by atoms with Gasteiger partial charge < -0.3 is 19.3 Å². The molecule has 144 valence electrons. The second kappa shape index (κ2) is 8.48. The Morgan fingerprint density at radius 3 is 2.18 bits per heavy atom. The molecule has 0 aliphatic carbocycles.